The third-order valence-corrected chi connectivity index (χ3v) is 2.99. The topological polar surface area (TPSA) is 47.9 Å². The standard InChI is InChI=1S/C9H16ClNO3SSi/c1-6-15-9(12)8(11-13-3)7(2)14-16(4,5)10/h2,6H2,1,3-5H3. The second-order valence-corrected chi connectivity index (χ2v) is 10.1. The van der Waals surface area contributed by atoms with Gasteiger partial charge in [0.1, 0.15) is 12.9 Å². The van der Waals surface area contributed by atoms with Crippen molar-refractivity contribution in [2.75, 3.05) is 12.9 Å². The Morgan fingerprint density at radius 1 is 1.56 bits per heavy atom. The van der Waals surface area contributed by atoms with Gasteiger partial charge in [-0.2, -0.15) is 0 Å². The van der Waals surface area contributed by atoms with Crippen molar-refractivity contribution in [1.82, 2.24) is 0 Å². The fourth-order valence-corrected chi connectivity index (χ4v) is 2.35. The smallest absolute Gasteiger partial charge is 0.341 e. The molecule has 16 heavy (non-hydrogen) atoms. The van der Waals surface area contributed by atoms with Crippen LogP contribution < -0.4 is 0 Å². The van der Waals surface area contributed by atoms with Gasteiger partial charge in [0, 0.05) is 0 Å². The first-order valence-electron chi connectivity index (χ1n) is 4.67. The maximum Gasteiger partial charge on any atom is 0.341 e. The zero-order valence-electron chi connectivity index (χ0n) is 9.87. The van der Waals surface area contributed by atoms with E-state index < -0.39 is 7.63 Å². The van der Waals surface area contributed by atoms with Gasteiger partial charge in [0.2, 0.25) is 5.12 Å². The van der Waals surface area contributed by atoms with Crippen LogP contribution in [-0.4, -0.2) is 31.3 Å². The normalized spacial score (nSPS) is 12.2. The summed E-state index contributed by atoms with van der Waals surface area (Å²) in [5, 5.41) is 3.38. The number of carbonyl (C=O) groups excluding carboxylic acids is 1. The lowest BCUT2D eigenvalue weighted by molar-refractivity contribution is -0.105. The molecule has 0 atom stereocenters. The average molecular weight is 282 g/mol. The first-order chi connectivity index (χ1) is 7.31. The largest absolute Gasteiger partial charge is 0.528 e. The van der Waals surface area contributed by atoms with Crippen molar-refractivity contribution >= 4 is 41.3 Å². The summed E-state index contributed by atoms with van der Waals surface area (Å²) in [6, 6.07) is 0. The highest BCUT2D eigenvalue weighted by Gasteiger charge is 2.26. The molecule has 0 amide bonds. The second kappa shape index (κ2) is 6.98. The van der Waals surface area contributed by atoms with Gasteiger partial charge in [-0.15, -0.1) is 11.1 Å². The summed E-state index contributed by atoms with van der Waals surface area (Å²) in [5.74, 6) is 0.816. The van der Waals surface area contributed by atoms with E-state index in [1.165, 1.54) is 7.11 Å². The van der Waals surface area contributed by atoms with Gasteiger partial charge >= 0.3 is 7.63 Å². The number of nitrogens with zero attached hydrogens (tertiary/aromatic N) is 1. The molecule has 4 nitrogen and oxygen atoms in total. The molecule has 0 aromatic carbocycles. The predicted octanol–water partition coefficient (Wildman–Crippen LogP) is 2.74. The third-order valence-electron chi connectivity index (χ3n) is 1.28. The van der Waals surface area contributed by atoms with E-state index in [2.05, 4.69) is 16.6 Å². The van der Waals surface area contributed by atoms with Gasteiger partial charge in [0.25, 0.3) is 0 Å². The maximum atomic E-state index is 11.6. The summed E-state index contributed by atoms with van der Waals surface area (Å²) in [7, 11) is -0.945. The minimum Gasteiger partial charge on any atom is -0.528 e. The summed E-state index contributed by atoms with van der Waals surface area (Å²) in [6.07, 6.45) is 0. The molecule has 0 radical (unpaired) electrons. The molecule has 0 bridgehead atoms. The van der Waals surface area contributed by atoms with Gasteiger partial charge in [-0.3, -0.25) is 4.79 Å². The Hall–Kier alpha value is -0.463. The molecule has 0 unspecified atom stereocenters. The van der Waals surface area contributed by atoms with Crippen molar-refractivity contribution < 1.29 is 14.1 Å². The van der Waals surface area contributed by atoms with Crippen molar-refractivity contribution in [2.45, 2.75) is 20.0 Å². The van der Waals surface area contributed by atoms with Crippen LogP contribution in [0.15, 0.2) is 17.5 Å². The van der Waals surface area contributed by atoms with E-state index in [0.29, 0.717) is 5.75 Å². The van der Waals surface area contributed by atoms with E-state index >= 15 is 0 Å². The molecule has 0 aromatic heterocycles. The van der Waals surface area contributed by atoms with E-state index in [9.17, 15) is 4.79 Å². The summed E-state index contributed by atoms with van der Waals surface area (Å²) in [6.45, 7) is 9.08. The Balaban J connectivity index is 4.74. The first-order valence-corrected chi connectivity index (χ1v) is 9.57. The number of hydrogen-bond acceptors (Lipinski definition) is 5. The molecule has 0 rings (SSSR count). The van der Waals surface area contributed by atoms with Gasteiger partial charge in [-0.1, -0.05) is 30.4 Å². The van der Waals surface area contributed by atoms with Crippen LogP contribution in [0.1, 0.15) is 6.92 Å². The Kier molecular flexibility index (Phi) is 6.78. The fraction of sp³-hybridized carbons (Fsp3) is 0.556. The van der Waals surface area contributed by atoms with Crippen LogP contribution in [0.2, 0.25) is 13.1 Å². The van der Waals surface area contributed by atoms with Crippen LogP contribution >= 0.6 is 22.8 Å². The quantitative estimate of drug-likeness (QED) is 0.247. The molecule has 0 aliphatic carbocycles. The lowest BCUT2D eigenvalue weighted by Crippen LogP contribution is -2.27. The molecular weight excluding hydrogens is 266 g/mol. The first kappa shape index (κ1) is 15.5. The number of hydrogen-bond donors (Lipinski definition) is 0. The zero-order valence-corrected chi connectivity index (χ0v) is 12.4. The van der Waals surface area contributed by atoms with Crippen LogP contribution in [0, 0.1) is 0 Å². The van der Waals surface area contributed by atoms with Gasteiger partial charge in [0.15, 0.2) is 5.71 Å². The van der Waals surface area contributed by atoms with Crippen molar-refractivity contribution in [1.29, 1.82) is 0 Å². The number of halogens is 1. The van der Waals surface area contributed by atoms with E-state index in [4.69, 9.17) is 15.5 Å². The highest BCUT2D eigenvalue weighted by atomic mass is 35.6. The Labute approximate surface area is 106 Å². The van der Waals surface area contributed by atoms with Crippen molar-refractivity contribution in [3.05, 3.63) is 12.3 Å². The monoisotopic (exact) mass is 281 g/mol. The molecule has 92 valence electrons. The Morgan fingerprint density at radius 2 is 2.12 bits per heavy atom. The summed E-state index contributed by atoms with van der Waals surface area (Å²) >= 11 is 7.11. The lowest BCUT2D eigenvalue weighted by atomic mass is 10.4. The SMILES string of the molecule is C=C(O[Si](C)(C)Cl)C(=NOC)C(=O)SCC. The molecule has 0 aliphatic rings. The molecule has 0 spiro atoms. The van der Waals surface area contributed by atoms with Crippen LogP contribution in [0.3, 0.4) is 0 Å². The maximum absolute atomic E-state index is 11.6. The summed E-state index contributed by atoms with van der Waals surface area (Å²) in [5.41, 5.74) is 0.0792. The predicted molar refractivity (Wildman–Crippen MR) is 71.1 cm³/mol. The Morgan fingerprint density at radius 3 is 2.50 bits per heavy atom. The minimum atomic E-state index is -2.31. The van der Waals surface area contributed by atoms with Gasteiger partial charge in [0.05, 0.1) is 0 Å². The van der Waals surface area contributed by atoms with Crippen LogP contribution in [0.4, 0.5) is 0 Å². The molecule has 7 heteroatoms. The third kappa shape index (κ3) is 6.19. The highest BCUT2D eigenvalue weighted by Crippen LogP contribution is 2.17. The van der Waals surface area contributed by atoms with E-state index in [0.717, 1.165) is 11.8 Å². The number of carbonyl (C=O) groups is 1. The van der Waals surface area contributed by atoms with Gasteiger partial charge in [-0.05, 0) is 18.8 Å². The van der Waals surface area contributed by atoms with Crippen LogP contribution in [-0.2, 0) is 14.1 Å². The molecule has 0 aliphatic heterocycles. The van der Waals surface area contributed by atoms with Crippen LogP contribution in [0.5, 0.6) is 0 Å². The molecule has 0 heterocycles. The van der Waals surface area contributed by atoms with E-state index in [1.54, 1.807) is 13.1 Å². The van der Waals surface area contributed by atoms with Crippen LogP contribution in [0.25, 0.3) is 0 Å². The van der Waals surface area contributed by atoms with E-state index in [-0.39, 0.29) is 16.6 Å². The summed E-state index contributed by atoms with van der Waals surface area (Å²) in [4.78, 5) is 16.2. The van der Waals surface area contributed by atoms with Crippen molar-refractivity contribution in [3.8, 4) is 0 Å². The molecule has 0 fully saturated rings. The molecule has 0 saturated heterocycles. The minimum absolute atomic E-state index is 0.0792. The Bertz CT molecular complexity index is 302. The van der Waals surface area contributed by atoms with Crippen molar-refractivity contribution in [2.24, 2.45) is 5.16 Å². The average Bonchev–Trinajstić information content (AvgIpc) is 2.11. The van der Waals surface area contributed by atoms with E-state index in [1.807, 2.05) is 6.92 Å². The highest BCUT2D eigenvalue weighted by molar-refractivity contribution is 8.15. The molecule has 0 aromatic rings. The number of thioether (sulfide) groups is 1. The van der Waals surface area contributed by atoms with Crippen molar-refractivity contribution in [3.63, 3.8) is 0 Å². The fourth-order valence-electron chi connectivity index (χ4n) is 0.834. The van der Waals surface area contributed by atoms with Gasteiger partial charge in [-0.25, -0.2) is 0 Å². The number of rotatable bonds is 6. The summed E-state index contributed by atoms with van der Waals surface area (Å²) < 4.78 is 5.38. The number of allylic oxidation sites excluding steroid dienone is 1. The lowest BCUT2D eigenvalue weighted by Gasteiger charge is -2.18. The molecule has 0 saturated carbocycles. The zero-order chi connectivity index (χ0) is 12.8. The second-order valence-electron chi connectivity index (χ2n) is 3.23. The molecular formula is C9H16ClNO3SSi. The molecule has 0 N–H and O–H groups in total. The van der Waals surface area contributed by atoms with Gasteiger partial charge < -0.3 is 9.26 Å². The number of oxime groups is 1.